The summed E-state index contributed by atoms with van der Waals surface area (Å²) >= 11 is 1.77. The van der Waals surface area contributed by atoms with Crippen molar-refractivity contribution in [3.8, 4) is 11.1 Å². The van der Waals surface area contributed by atoms with E-state index in [-0.39, 0.29) is 5.43 Å². The maximum Gasteiger partial charge on any atom is 0.200 e. The van der Waals surface area contributed by atoms with Gasteiger partial charge in [-0.25, -0.2) is 0 Å². The van der Waals surface area contributed by atoms with Crippen LogP contribution in [0.25, 0.3) is 42.3 Å². The van der Waals surface area contributed by atoms with E-state index in [1.807, 2.05) is 66.8 Å². The lowest BCUT2D eigenvalue weighted by Gasteiger charge is -2.27. The summed E-state index contributed by atoms with van der Waals surface area (Å²) < 4.78 is 14.3. The van der Waals surface area contributed by atoms with Gasteiger partial charge in [-0.3, -0.25) is 4.79 Å². The number of ether oxygens (including phenoxy) is 1. The Labute approximate surface area is 230 Å². The molecule has 2 aromatic heterocycles. The van der Waals surface area contributed by atoms with Gasteiger partial charge < -0.3 is 19.4 Å². The first-order valence-electron chi connectivity index (χ1n) is 13.8. The molecule has 5 aromatic rings. The smallest absolute Gasteiger partial charge is 0.200 e. The average molecular weight is 533 g/mol. The van der Waals surface area contributed by atoms with Crippen molar-refractivity contribution < 1.29 is 9.15 Å². The van der Waals surface area contributed by atoms with Crippen molar-refractivity contribution in [2.75, 3.05) is 43.6 Å². The third kappa shape index (κ3) is 5.71. The van der Waals surface area contributed by atoms with Crippen LogP contribution in [-0.2, 0) is 4.74 Å². The molecule has 0 atom stereocenters. The SMILES string of the molecule is CC.CC.CC.CNc1ccc2sc3c(-c4cccc5c(=O)cc(N6CCOCC6)oc45)cccc3c2c1. The van der Waals surface area contributed by atoms with Gasteiger partial charge in [0.05, 0.1) is 18.6 Å². The van der Waals surface area contributed by atoms with Crippen LogP contribution in [0.2, 0.25) is 0 Å². The number of rotatable bonds is 3. The van der Waals surface area contributed by atoms with Crippen molar-refractivity contribution in [1.29, 1.82) is 0 Å². The Morgan fingerprint density at radius 3 is 2.13 bits per heavy atom. The number of nitrogens with one attached hydrogen (secondary N) is 1. The topological polar surface area (TPSA) is 54.7 Å². The highest BCUT2D eigenvalue weighted by molar-refractivity contribution is 7.26. The van der Waals surface area contributed by atoms with Gasteiger partial charge in [-0.15, -0.1) is 11.3 Å². The van der Waals surface area contributed by atoms with Crippen molar-refractivity contribution in [1.82, 2.24) is 0 Å². The lowest BCUT2D eigenvalue weighted by molar-refractivity contribution is 0.121. The molecule has 3 aromatic carbocycles. The summed E-state index contributed by atoms with van der Waals surface area (Å²) in [4.78, 5) is 15.1. The molecule has 1 fully saturated rings. The molecule has 0 saturated carbocycles. The molecule has 0 spiro atoms. The predicted molar refractivity (Wildman–Crippen MR) is 167 cm³/mol. The maximum atomic E-state index is 13.0. The largest absolute Gasteiger partial charge is 0.440 e. The molecule has 6 rings (SSSR count). The van der Waals surface area contributed by atoms with Gasteiger partial charge in [-0.2, -0.15) is 0 Å². The highest BCUT2D eigenvalue weighted by atomic mass is 32.1. The first-order chi connectivity index (χ1) is 18.7. The first-order valence-corrected chi connectivity index (χ1v) is 14.6. The summed E-state index contributed by atoms with van der Waals surface area (Å²) in [6, 6.07) is 20.3. The fourth-order valence-electron chi connectivity index (χ4n) is 4.48. The fraction of sp³-hybridized carbons (Fsp3) is 0.344. The van der Waals surface area contributed by atoms with E-state index in [0.717, 1.165) is 29.9 Å². The number of morpholine rings is 1. The number of para-hydroxylation sites is 1. The van der Waals surface area contributed by atoms with E-state index in [9.17, 15) is 4.79 Å². The fourth-order valence-corrected chi connectivity index (χ4v) is 5.69. The van der Waals surface area contributed by atoms with Gasteiger partial charge in [-0.1, -0.05) is 71.9 Å². The molecule has 0 bridgehead atoms. The Balaban J connectivity index is 0.000000625. The number of fused-ring (bicyclic) bond motifs is 4. The lowest BCUT2D eigenvalue weighted by Crippen LogP contribution is -2.36. The van der Waals surface area contributed by atoms with E-state index in [4.69, 9.17) is 9.15 Å². The summed E-state index contributed by atoms with van der Waals surface area (Å²) in [6.07, 6.45) is 0. The molecule has 0 radical (unpaired) electrons. The summed E-state index contributed by atoms with van der Waals surface area (Å²) in [6.45, 7) is 14.7. The third-order valence-electron chi connectivity index (χ3n) is 6.14. The van der Waals surface area contributed by atoms with Crippen LogP contribution < -0.4 is 15.6 Å². The van der Waals surface area contributed by atoms with Crippen LogP contribution in [0.4, 0.5) is 11.6 Å². The average Bonchev–Trinajstić information content (AvgIpc) is 3.38. The molecular formula is C32H40N2O3S. The molecule has 1 aliphatic rings. The third-order valence-corrected chi connectivity index (χ3v) is 7.36. The molecule has 1 aliphatic heterocycles. The minimum atomic E-state index is -0.0169. The van der Waals surface area contributed by atoms with Crippen LogP contribution in [0.1, 0.15) is 41.5 Å². The van der Waals surface area contributed by atoms with Crippen molar-refractivity contribution >= 4 is 54.0 Å². The van der Waals surface area contributed by atoms with Crippen molar-refractivity contribution in [2.24, 2.45) is 0 Å². The van der Waals surface area contributed by atoms with Crippen LogP contribution in [0.3, 0.4) is 0 Å². The van der Waals surface area contributed by atoms with Gasteiger partial charge in [0, 0.05) is 63.2 Å². The molecule has 38 heavy (non-hydrogen) atoms. The van der Waals surface area contributed by atoms with Gasteiger partial charge in [-0.05, 0) is 24.3 Å². The Morgan fingerprint density at radius 1 is 0.789 bits per heavy atom. The van der Waals surface area contributed by atoms with Crippen LogP contribution in [0, 0.1) is 0 Å². The Hall–Kier alpha value is -3.35. The zero-order valence-corrected chi connectivity index (χ0v) is 24.5. The number of hydrogen-bond donors (Lipinski definition) is 1. The zero-order chi connectivity index (χ0) is 27.7. The molecule has 5 nitrogen and oxygen atoms in total. The quantitative estimate of drug-likeness (QED) is 0.252. The Morgan fingerprint density at radius 2 is 1.45 bits per heavy atom. The lowest BCUT2D eigenvalue weighted by atomic mass is 10.0. The molecule has 0 unspecified atom stereocenters. The number of hydrogen-bond acceptors (Lipinski definition) is 6. The van der Waals surface area contributed by atoms with Gasteiger partial charge in [0.2, 0.25) is 0 Å². The standard InChI is InChI=1S/C26H22N2O3S.3C2H6/c1-27-16-8-9-23-21(14-16)19-6-3-5-18(26(19)32-23)17-4-2-7-20-22(29)15-24(31-25(17)20)28-10-12-30-13-11-28;3*1-2/h2-9,14-15,27H,10-13H2,1H3;3*1-2H3. The highest BCUT2D eigenvalue weighted by Gasteiger charge is 2.19. The maximum absolute atomic E-state index is 13.0. The highest BCUT2D eigenvalue weighted by Crippen LogP contribution is 2.42. The predicted octanol–water partition coefficient (Wildman–Crippen LogP) is 8.78. The minimum absolute atomic E-state index is 0.0169. The molecule has 1 N–H and O–H groups in total. The van der Waals surface area contributed by atoms with Crippen molar-refractivity contribution in [3.05, 3.63) is 70.9 Å². The van der Waals surface area contributed by atoms with E-state index in [1.54, 1.807) is 17.4 Å². The van der Waals surface area contributed by atoms with E-state index in [0.29, 0.717) is 30.1 Å². The van der Waals surface area contributed by atoms with Gasteiger partial charge in [0.25, 0.3) is 0 Å². The number of thiophene rings is 1. The summed E-state index contributed by atoms with van der Waals surface area (Å²) in [5.41, 5.74) is 3.75. The molecule has 0 amide bonds. The normalized spacial score (nSPS) is 12.7. The second-order valence-electron chi connectivity index (χ2n) is 7.98. The van der Waals surface area contributed by atoms with Crippen molar-refractivity contribution in [2.45, 2.75) is 41.5 Å². The number of anilines is 2. The van der Waals surface area contributed by atoms with E-state index in [2.05, 4.69) is 46.6 Å². The minimum Gasteiger partial charge on any atom is -0.440 e. The Bertz CT molecular complexity index is 1530. The van der Waals surface area contributed by atoms with Crippen LogP contribution in [-0.4, -0.2) is 33.4 Å². The monoisotopic (exact) mass is 532 g/mol. The number of nitrogens with zero attached hydrogens (tertiary/aromatic N) is 1. The summed E-state index contributed by atoms with van der Waals surface area (Å²) in [5, 5.41) is 6.28. The van der Waals surface area contributed by atoms with E-state index < -0.39 is 0 Å². The molecule has 0 aliphatic carbocycles. The van der Waals surface area contributed by atoms with Crippen LogP contribution in [0.5, 0.6) is 0 Å². The molecule has 3 heterocycles. The van der Waals surface area contributed by atoms with Gasteiger partial charge in [0.15, 0.2) is 11.3 Å². The van der Waals surface area contributed by atoms with E-state index >= 15 is 0 Å². The second-order valence-corrected chi connectivity index (χ2v) is 9.03. The molecule has 1 saturated heterocycles. The first kappa shape index (κ1) is 29.2. The van der Waals surface area contributed by atoms with Crippen LogP contribution >= 0.6 is 11.3 Å². The molecule has 6 heteroatoms. The zero-order valence-electron chi connectivity index (χ0n) is 23.7. The van der Waals surface area contributed by atoms with Gasteiger partial charge in [0.1, 0.15) is 5.58 Å². The summed E-state index contributed by atoms with van der Waals surface area (Å²) in [5.74, 6) is 0.612. The van der Waals surface area contributed by atoms with Gasteiger partial charge >= 0.3 is 0 Å². The van der Waals surface area contributed by atoms with E-state index in [1.165, 1.54) is 20.2 Å². The van der Waals surface area contributed by atoms with Crippen LogP contribution in [0.15, 0.2) is 69.9 Å². The number of benzene rings is 3. The molecule has 202 valence electrons. The second kappa shape index (κ2) is 14.0. The Kier molecular flexibility index (Phi) is 10.7. The summed E-state index contributed by atoms with van der Waals surface area (Å²) in [7, 11) is 1.94. The molecular weight excluding hydrogens is 492 g/mol. The van der Waals surface area contributed by atoms with Crippen molar-refractivity contribution in [3.63, 3.8) is 0 Å².